The van der Waals surface area contributed by atoms with Gasteiger partial charge in [-0.2, -0.15) is 15.3 Å². The Morgan fingerprint density at radius 3 is 2.74 bits per heavy atom. The fraction of sp³-hybridized carbons (Fsp3) is 0.300. The van der Waals surface area contributed by atoms with Crippen LogP contribution in [-0.2, 0) is 16.6 Å². The van der Waals surface area contributed by atoms with Gasteiger partial charge in [0, 0.05) is 61.8 Å². The number of fused-ring (bicyclic) bond motifs is 1. The van der Waals surface area contributed by atoms with E-state index in [1.807, 2.05) is 74.5 Å². The van der Waals surface area contributed by atoms with Crippen LogP contribution in [-0.4, -0.2) is 73.5 Å². The molecule has 2 atom stereocenters. The van der Waals surface area contributed by atoms with Crippen molar-refractivity contribution in [2.45, 2.75) is 26.0 Å². The predicted molar refractivity (Wildman–Crippen MR) is 158 cm³/mol. The number of hydrogen-bond donors (Lipinski definition) is 2. The maximum atomic E-state index is 13.6. The van der Waals surface area contributed by atoms with Gasteiger partial charge in [0.1, 0.15) is 11.9 Å². The van der Waals surface area contributed by atoms with Crippen LogP contribution in [0.15, 0.2) is 67.1 Å². The Morgan fingerprint density at radius 2 is 1.95 bits per heavy atom. The Labute approximate surface area is 243 Å². The summed E-state index contributed by atoms with van der Waals surface area (Å²) in [5.74, 6) is 0.562. The third-order valence-corrected chi connectivity index (χ3v) is 7.34. The molecule has 12 heteroatoms. The fourth-order valence-corrected chi connectivity index (χ4v) is 5.25. The number of para-hydroxylation sites is 1. The minimum atomic E-state index is -0.373. The van der Waals surface area contributed by atoms with E-state index < -0.39 is 0 Å². The average molecular weight is 568 g/mol. The number of carbonyl (C=O) groups is 1. The van der Waals surface area contributed by atoms with Crippen LogP contribution in [0.2, 0.25) is 0 Å². The average Bonchev–Trinajstić information content (AvgIpc) is 3.67. The quantitative estimate of drug-likeness (QED) is 0.289. The number of nitrogens with zero attached hydrogens (tertiary/aromatic N) is 7. The van der Waals surface area contributed by atoms with E-state index in [2.05, 4.69) is 25.7 Å². The van der Waals surface area contributed by atoms with Gasteiger partial charge in [0.05, 0.1) is 30.2 Å². The van der Waals surface area contributed by atoms with Gasteiger partial charge in [-0.25, -0.2) is 14.5 Å². The summed E-state index contributed by atoms with van der Waals surface area (Å²) in [5.41, 5.74) is 5.78. The molecule has 1 aliphatic rings. The monoisotopic (exact) mass is 567 g/mol. The van der Waals surface area contributed by atoms with Crippen molar-refractivity contribution in [3.8, 4) is 16.9 Å². The maximum Gasteiger partial charge on any atom is 0.320 e. The Bertz CT molecular complexity index is 1720. The molecule has 1 saturated heterocycles. The van der Waals surface area contributed by atoms with Crippen LogP contribution in [0.1, 0.15) is 22.9 Å². The van der Waals surface area contributed by atoms with E-state index in [4.69, 9.17) is 14.7 Å². The normalized spacial score (nSPS) is 17.1. The first-order valence-corrected chi connectivity index (χ1v) is 13.7. The van der Waals surface area contributed by atoms with Crippen LogP contribution in [0.5, 0.6) is 0 Å². The van der Waals surface area contributed by atoms with Crippen LogP contribution >= 0.6 is 0 Å². The number of hydrogen-bond acceptors (Lipinski definition) is 8. The largest absolute Gasteiger partial charge is 0.383 e. The molecule has 1 aromatic carbocycles. The number of ether oxygens (including phenoxy) is 1. The zero-order valence-corrected chi connectivity index (χ0v) is 24.0. The zero-order valence-electron chi connectivity index (χ0n) is 24.0. The summed E-state index contributed by atoms with van der Waals surface area (Å²) < 4.78 is 8.72. The molecule has 5 aromatic rings. The van der Waals surface area contributed by atoms with Gasteiger partial charge in [-0.05, 0) is 49.7 Å². The molecule has 1 aliphatic heterocycles. The molecule has 42 heavy (non-hydrogen) atoms. The van der Waals surface area contributed by atoms with Crippen molar-refractivity contribution in [3.63, 3.8) is 0 Å². The van der Waals surface area contributed by atoms with Gasteiger partial charge in [-0.15, -0.1) is 0 Å². The van der Waals surface area contributed by atoms with Gasteiger partial charge in [-0.1, -0.05) is 18.2 Å². The van der Waals surface area contributed by atoms with Gasteiger partial charge in [0.2, 0.25) is 0 Å². The molecule has 2 amide bonds. The highest BCUT2D eigenvalue weighted by Gasteiger charge is 2.36. The minimum absolute atomic E-state index is 0.311. The fourth-order valence-electron chi connectivity index (χ4n) is 5.25. The zero-order chi connectivity index (χ0) is 29.2. The number of anilines is 1. The highest BCUT2D eigenvalue weighted by molar-refractivity contribution is 5.91. The highest BCUT2D eigenvalue weighted by atomic mass is 16.7. The number of rotatable bonds is 8. The molecular formula is C30H33N9O3. The van der Waals surface area contributed by atoms with E-state index >= 15 is 0 Å². The van der Waals surface area contributed by atoms with E-state index in [1.54, 1.807) is 35.1 Å². The molecule has 0 bridgehead atoms. The van der Waals surface area contributed by atoms with Crippen LogP contribution in [0.3, 0.4) is 0 Å². The third-order valence-electron chi connectivity index (χ3n) is 7.34. The molecule has 12 nitrogen and oxygen atoms in total. The second-order valence-corrected chi connectivity index (χ2v) is 10.3. The van der Waals surface area contributed by atoms with E-state index in [9.17, 15) is 4.79 Å². The lowest BCUT2D eigenvalue weighted by molar-refractivity contribution is -0.154. The molecule has 0 saturated carbocycles. The first kappa shape index (κ1) is 27.5. The number of carbonyl (C=O) groups excluding carboxylic acids is 1. The number of amides is 2. The van der Waals surface area contributed by atoms with Gasteiger partial charge < -0.3 is 10.1 Å². The van der Waals surface area contributed by atoms with E-state index in [1.165, 1.54) is 0 Å². The summed E-state index contributed by atoms with van der Waals surface area (Å²) in [7, 11) is 3.51. The Kier molecular flexibility index (Phi) is 7.66. The van der Waals surface area contributed by atoms with Gasteiger partial charge in [0.25, 0.3) is 0 Å². The van der Waals surface area contributed by atoms with Crippen molar-refractivity contribution >= 4 is 22.9 Å². The molecular weight excluding hydrogens is 534 g/mol. The Balaban J connectivity index is 1.30. The van der Waals surface area contributed by atoms with Crippen molar-refractivity contribution in [2.75, 3.05) is 32.1 Å². The number of hydroxylamine groups is 2. The van der Waals surface area contributed by atoms with Crippen molar-refractivity contribution in [1.29, 1.82) is 0 Å². The van der Waals surface area contributed by atoms with Gasteiger partial charge in [0.15, 0.2) is 5.65 Å². The number of aromatic nitrogens is 6. The number of aryl methyl sites for hydroxylation is 2. The van der Waals surface area contributed by atoms with Crippen molar-refractivity contribution in [2.24, 2.45) is 7.05 Å². The summed E-state index contributed by atoms with van der Waals surface area (Å²) in [6, 6.07) is 14.9. The van der Waals surface area contributed by atoms with Gasteiger partial charge in [-0.3, -0.25) is 19.8 Å². The molecule has 1 fully saturated rings. The van der Waals surface area contributed by atoms with E-state index in [0.717, 1.165) is 39.1 Å². The van der Waals surface area contributed by atoms with E-state index in [-0.39, 0.29) is 18.2 Å². The van der Waals surface area contributed by atoms with Crippen molar-refractivity contribution < 1.29 is 14.4 Å². The van der Waals surface area contributed by atoms with Crippen LogP contribution in [0.25, 0.3) is 28.0 Å². The topological polar surface area (TPSA) is 124 Å². The maximum absolute atomic E-state index is 13.6. The summed E-state index contributed by atoms with van der Waals surface area (Å²) in [6.07, 6.45) is 4.94. The van der Waals surface area contributed by atoms with Crippen molar-refractivity contribution in [1.82, 2.24) is 39.9 Å². The number of urea groups is 1. The molecule has 5 heterocycles. The number of pyridine rings is 2. The third kappa shape index (κ3) is 5.47. The predicted octanol–water partition coefficient (Wildman–Crippen LogP) is 3.96. The summed E-state index contributed by atoms with van der Waals surface area (Å²) in [4.78, 5) is 28.7. The molecule has 0 unspecified atom stereocenters. The SMILES string of the molecule is COCCN1C[C@@H](NC(=O)Nc2c(C)c(-c3cnc4c(cnn4C)c3)nn2-c2ccccc2)[C@H](c2ccnc(C)c2)O1. The highest BCUT2D eigenvalue weighted by Crippen LogP contribution is 2.32. The second-order valence-electron chi connectivity index (χ2n) is 10.3. The molecule has 2 N–H and O–H groups in total. The van der Waals surface area contributed by atoms with E-state index in [0.29, 0.717) is 31.2 Å². The lowest BCUT2D eigenvalue weighted by Gasteiger charge is -2.20. The van der Waals surface area contributed by atoms with Gasteiger partial charge >= 0.3 is 6.03 Å². The molecule has 0 radical (unpaired) electrons. The first-order valence-electron chi connectivity index (χ1n) is 13.7. The molecule has 4 aromatic heterocycles. The first-order chi connectivity index (χ1) is 20.4. The lowest BCUT2D eigenvalue weighted by atomic mass is 10.0. The number of benzene rings is 1. The molecule has 0 aliphatic carbocycles. The van der Waals surface area contributed by atoms with Crippen LogP contribution < -0.4 is 10.6 Å². The van der Waals surface area contributed by atoms with Crippen molar-refractivity contribution in [3.05, 3.63) is 83.9 Å². The number of methoxy groups -OCH3 is 1. The molecule has 0 spiro atoms. The molecule has 216 valence electrons. The second kappa shape index (κ2) is 11.7. The smallest absolute Gasteiger partial charge is 0.320 e. The summed E-state index contributed by atoms with van der Waals surface area (Å²) >= 11 is 0. The summed E-state index contributed by atoms with van der Waals surface area (Å²) in [5, 5.41) is 18.2. The van der Waals surface area contributed by atoms with Crippen LogP contribution in [0.4, 0.5) is 10.6 Å². The van der Waals surface area contributed by atoms with Crippen LogP contribution in [0, 0.1) is 13.8 Å². The lowest BCUT2D eigenvalue weighted by Crippen LogP contribution is -2.42. The molecule has 6 rings (SSSR count). The standard InChI is InChI=1S/C30H33N9O3/c1-19-14-21(10-11-31-19)27-25(18-38(42-27)12-13-41-4)34-30(40)35-28-20(2)26(36-39(28)24-8-6-5-7-9-24)22-15-23-17-33-37(3)29(23)32-16-22/h5-11,14-17,25,27H,12-13,18H2,1-4H3,(H2,34,35,40)/t25-,27+/m1/s1. The number of nitrogens with one attached hydrogen (secondary N) is 2. The Morgan fingerprint density at radius 1 is 1.12 bits per heavy atom. The minimum Gasteiger partial charge on any atom is -0.383 e. The summed E-state index contributed by atoms with van der Waals surface area (Å²) in [6.45, 7) is 5.47. The Hall–Kier alpha value is -4.65.